The highest BCUT2D eigenvalue weighted by molar-refractivity contribution is 5.94. The molecule has 1 aliphatic carbocycles. The minimum absolute atomic E-state index is 0.0151. The molecule has 2 amide bonds. The Morgan fingerprint density at radius 1 is 0.931 bits per heavy atom. The van der Waals surface area contributed by atoms with Crippen LogP contribution in [0.1, 0.15) is 44.1 Å². The summed E-state index contributed by atoms with van der Waals surface area (Å²) < 4.78 is 0. The van der Waals surface area contributed by atoms with Crippen molar-refractivity contribution in [1.82, 2.24) is 5.32 Å². The second-order valence-corrected chi connectivity index (χ2v) is 7.92. The summed E-state index contributed by atoms with van der Waals surface area (Å²) in [6.07, 6.45) is 6.51. The molecule has 2 aromatic carbocycles. The Bertz CT molecular complexity index is 784. The number of nitrogens with one attached hydrogen (secondary N) is 2. The van der Waals surface area contributed by atoms with E-state index in [1.54, 1.807) is 0 Å². The molecule has 0 unspecified atom stereocenters. The molecule has 3 rings (SSSR count). The number of carbonyl (C=O) groups excluding carboxylic acids is 2. The summed E-state index contributed by atoms with van der Waals surface area (Å²) in [5.74, 6) is 0.254. The van der Waals surface area contributed by atoms with E-state index in [2.05, 4.69) is 27.7 Å². The van der Waals surface area contributed by atoms with Gasteiger partial charge >= 0.3 is 0 Å². The maximum absolute atomic E-state index is 12.1. The SMILES string of the molecule is CN(Cc1ccccc1)c1ccc(NC(=O)CNC(=O)CC2CCCCC2)cc1. The van der Waals surface area contributed by atoms with Crippen LogP contribution in [0.25, 0.3) is 0 Å². The van der Waals surface area contributed by atoms with E-state index < -0.39 is 0 Å². The lowest BCUT2D eigenvalue weighted by molar-refractivity contribution is -0.125. The molecule has 0 heterocycles. The number of hydrogen-bond donors (Lipinski definition) is 2. The molecule has 0 bridgehead atoms. The van der Waals surface area contributed by atoms with Gasteiger partial charge < -0.3 is 15.5 Å². The highest BCUT2D eigenvalue weighted by atomic mass is 16.2. The number of rotatable bonds is 8. The van der Waals surface area contributed by atoms with Crippen LogP contribution in [0.3, 0.4) is 0 Å². The van der Waals surface area contributed by atoms with E-state index in [0.717, 1.165) is 30.8 Å². The summed E-state index contributed by atoms with van der Waals surface area (Å²) in [5.41, 5.74) is 3.05. The van der Waals surface area contributed by atoms with E-state index in [0.29, 0.717) is 12.3 Å². The first kappa shape index (κ1) is 20.9. The predicted octanol–water partition coefficient (Wildman–Crippen LogP) is 4.35. The van der Waals surface area contributed by atoms with Gasteiger partial charge in [-0.2, -0.15) is 0 Å². The van der Waals surface area contributed by atoms with Gasteiger partial charge in [-0.05, 0) is 48.6 Å². The minimum atomic E-state index is -0.201. The number of nitrogens with zero attached hydrogens (tertiary/aromatic N) is 1. The molecule has 0 saturated heterocycles. The van der Waals surface area contributed by atoms with Gasteiger partial charge in [0.25, 0.3) is 0 Å². The molecule has 2 aromatic rings. The van der Waals surface area contributed by atoms with Crippen LogP contribution < -0.4 is 15.5 Å². The monoisotopic (exact) mass is 393 g/mol. The molecule has 5 heteroatoms. The molecular weight excluding hydrogens is 362 g/mol. The van der Waals surface area contributed by atoms with Crippen molar-refractivity contribution in [1.29, 1.82) is 0 Å². The van der Waals surface area contributed by atoms with Crippen molar-refractivity contribution >= 4 is 23.2 Å². The van der Waals surface area contributed by atoms with Crippen molar-refractivity contribution in [3.05, 3.63) is 60.2 Å². The van der Waals surface area contributed by atoms with E-state index in [-0.39, 0.29) is 18.4 Å². The first-order valence-electron chi connectivity index (χ1n) is 10.5. The highest BCUT2D eigenvalue weighted by Crippen LogP contribution is 2.26. The fraction of sp³-hybridized carbons (Fsp3) is 0.417. The molecule has 0 aromatic heterocycles. The highest BCUT2D eigenvalue weighted by Gasteiger charge is 2.17. The molecule has 0 spiro atoms. The average Bonchev–Trinajstić information content (AvgIpc) is 2.74. The number of amides is 2. The number of anilines is 2. The Balaban J connectivity index is 1.41. The summed E-state index contributed by atoms with van der Waals surface area (Å²) in [6.45, 7) is 0.834. The fourth-order valence-corrected chi connectivity index (χ4v) is 3.86. The minimum Gasteiger partial charge on any atom is -0.370 e. The summed E-state index contributed by atoms with van der Waals surface area (Å²) in [6, 6.07) is 18.0. The zero-order valence-electron chi connectivity index (χ0n) is 17.2. The van der Waals surface area contributed by atoms with Gasteiger partial charge in [-0.3, -0.25) is 9.59 Å². The van der Waals surface area contributed by atoms with Gasteiger partial charge in [0.1, 0.15) is 0 Å². The summed E-state index contributed by atoms with van der Waals surface area (Å²) in [7, 11) is 2.04. The van der Waals surface area contributed by atoms with Crippen LogP contribution in [0.4, 0.5) is 11.4 Å². The normalized spacial score (nSPS) is 14.2. The van der Waals surface area contributed by atoms with Crippen molar-refractivity contribution in [3.63, 3.8) is 0 Å². The van der Waals surface area contributed by atoms with Crippen LogP contribution in [0.2, 0.25) is 0 Å². The second-order valence-electron chi connectivity index (χ2n) is 7.92. The zero-order chi connectivity index (χ0) is 20.5. The number of carbonyl (C=O) groups is 2. The lowest BCUT2D eigenvalue weighted by Gasteiger charge is -2.21. The van der Waals surface area contributed by atoms with Crippen molar-refractivity contribution in [2.24, 2.45) is 5.92 Å². The maximum Gasteiger partial charge on any atom is 0.243 e. The number of benzene rings is 2. The van der Waals surface area contributed by atoms with Crippen molar-refractivity contribution in [2.45, 2.75) is 45.1 Å². The smallest absolute Gasteiger partial charge is 0.243 e. The molecule has 5 nitrogen and oxygen atoms in total. The molecule has 29 heavy (non-hydrogen) atoms. The van der Waals surface area contributed by atoms with E-state index in [1.807, 2.05) is 49.5 Å². The zero-order valence-corrected chi connectivity index (χ0v) is 17.2. The van der Waals surface area contributed by atoms with E-state index in [1.165, 1.54) is 24.8 Å². The Kier molecular flexibility index (Phi) is 7.68. The first-order valence-corrected chi connectivity index (χ1v) is 10.5. The van der Waals surface area contributed by atoms with Crippen molar-refractivity contribution in [2.75, 3.05) is 23.8 Å². The van der Waals surface area contributed by atoms with Crippen molar-refractivity contribution in [3.8, 4) is 0 Å². The quantitative estimate of drug-likeness (QED) is 0.701. The standard InChI is InChI=1S/C24H31N3O2/c1-27(18-20-10-6-3-7-11-20)22-14-12-21(13-15-22)26-24(29)17-25-23(28)16-19-8-4-2-5-9-19/h3,6-7,10-15,19H,2,4-5,8-9,16-18H2,1H3,(H,25,28)(H,26,29). The summed E-state index contributed by atoms with van der Waals surface area (Å²) in [4.78, 5) is 26.3. The van der Waals surface area contributed by atoms with Gasteiger partial charge in [0.05, 0.1) is 6.54 Å². The first-order chi connectivity index (χ1) is 14.1. The van der Waals surface area contributed by atoms with Gasteiger partial charge in [-0.1, -0.05) is 49.6 Å². The van der Waals surface area contributed by atoms with Gasteiger partial charge in [0.15, 0.2) is 0 Å². The second kappa shape index (κ2) is 10.6. The maximum atomic E-state index is 12.1. The lowest BCUT2D eigenvalue weighted by Crippen LogP contribution is -2.34. The third kappa shape index (κ3) is 6.93. The van der Waals surface area contributed by atoms with E-state index in [4.69, 9.17) is 0 Å². The third-order valence-electron chi connectivity index (χ3n) is 5.50. The molecule has 154 valence electrons. The Hall–Kier alpha value is -2.82. The predicted molar refractivity (Wildman–Crippen MR) is 118 cm³/mol. The number of hydrogen-bond acceptors (Lipinski definition) is 3. The summed E-state index contributed by atoms with van der Waals surface area (Å²) in [5, 5.41) is 5.59. The van der Waals surface area contributed by atoms with Crippen LogP contribution in [0.5, 0.6) is 0 Å². The van der Waals surface area contributed by atoms with Gasteiger partial charge in [-0.15, -0.1) is 0 Å². The Morgan fingerprint density at radius 2 is 1.62 bits per heavy atom. The van der Waals surface area contributed by atoms with Gasteiger partial charge in [-0.25, -0.2) is 0 Å². The van der Waals surface area contributed by atoms with Gasteiger partial charge in [0, 0.05) is 31.4 Å². The molecule has 0 radical (unpaired) electrons. The summed E-state index contributed by atoms with van der Waals surface area (Å²) >= 11 is 0. The molecular formula is C24H31N3O2. The van der Waals surface area contributed by atoms with Gasteiger partial charge in [0.2, 0.25) is 11.8 Å². The third-order valence-corrected chi connectivity index (χ3v) is 5.50. The Labute approximate surface area is 173 Å². The van der Waals surface area contributed by atoms with E-state index >= 15 is 0 Å². The van der Waals surface area contributed by atoms with Crippen LogP contribution >= 0.6 is 0 Å². The average molecular weight is 394 g/mol. The van der Waals surface area contributed by atoms with Crippen LogP contribution in [0, 0.1) is 5.92 Å². The largest absolute Gasteiger partial charge is 0.370 e. The molecule has 0 atom stereocenters. The van der Waals surface area contributed by atoms with Crippen LogP contribution in [-0.2, 0) is 16.1 Å². The van der Waals surface area contributed by atoms with Crippen LogP contribution in [-0.4, -0.2) is 25.4 Å². The topological polar surface area (TPSA) is 61.4 Å². The van der Waals surface area contributed by atoms with Crippen molar-refractivity contribution < 1.29 is 9.59 Å². The molecule has 1 aliphatic rings. The molecule has 1 saturated carbocycles. The molecule has 2 N–H and O–H groups in total. The molecule has 0 aliphatic heterocycles. The Morgan fingerprint density at radius 3 is 2.31 bits per heavy atom. The molecule has 1 fully saturated rings. The lowest BCUT2D eigenvalue weighted by atomic mass is 9.87. The fourth-order valence-electron chi connectivity index (χ4n) is 3.86. The van der Waals surface area contributed by atoms with E-state index in [9.17, 15) is 9.59 Å². The van der Waals surface area contributed by atoms with Crippen LogP contribution in [0.15, 0.2) is 54.6 Å².